The number of benzene rings is 1. The van der Waals surface area contributed by atoms with Crippen molar-refractivity contribution in [2.24, 2.45) is 5.73 Å². The van der Waals surface area contributed by atoms with E-state index in [1.807, 2.05) is 13.8 Å². The van der Waals surface area contributed by atoms with Crippen molar-refractivity contribution in [3.63, 3.8) is 0 Å². The van der Waals surface area contributed by atoms with Crippen LogP contribution in [0.1, 0.15) is 30.9 Å². The number of rotatable bonds is 7. The van der Waals surface area contributed by atoms with Crippen molar-refractivity contribution in [2.75, 3.05) is 0 Å². The van der Waals surface area contributed by atoms with Gasteiger partial charge in [-0.25, -0.2) is 0 Å². The highest BCUT2D eigenvalue weighted by atomic mass is 35.5. The molecule has 0 aliphatic carbocycles. The van der Waals surface area contributed by atoms with Crippen LogP contribution in [0.2, 0.25) is 0 Å². The topological polar surface area (TPSA) is 64.4 Å². The molecule has 0 aliphatic heterocycles. The van der Waals surface area contributed by atoms with E-state index in [0.29, 0.717) is 12.0 Å². The van der Waals surface area contributed by atoms with E-state index >= 15 is 0 Å². The van der Waals surface area contributed by atoms with Crippen molar-refractivity contribution in [3.8, 4) is 5.75 Å². The van der Waals surface area contributed by atoms with Gasteiger partial charge in [0.25, 0.3) is 0 Å². The van der Waals surface area contributed by atoms with Crippen molar-refractivity contribution < 1.29 is 18.3 Å². The van der Waals surface area contributed by atoms with Crippen LogP contribution in [0.5, 0.6) is 5.75 Å². The normalized spacial score (nSPS) is 11.7. The second-order valence-electron chi connectivity index (χ2n) is 4.60. The second-order valence-corrected chi connectivity index (χ2v) is 4.60. The zero-order valence-corrected chi connectivity index (χ0v) is 12.9. The maximum atomic E-state index is 12.3. The van der Waals surface area contributed by atoms with Crippen LogP contribution in [-0.4, -0.2) is 18.6 Å². The number of ether oxygens (including phenoxy) is 1. The number of carbonyl (C=O) groups excluding carboxylic acids is 1. The number of hydrogen-bond acceptors (Lipinski definition) is 3. The van der Waals surface area contributed by atoms with Gasteiger partial charge in [0.05, 0.1) is 6.04 Å². The molecule has 0 saturated heterocycles. The van der Waals surface area contributed by atoms with E-state index in [1.165, 1.54) is 6.07 Å². The second kappa shape index (κ2) is 9.52. The third kappa shape index (κ3) is 6.73. The minimum absolute atomic E-state index is 0. The molecule has 0 heterocycles. The highest BCUT2D eigenvalue weighted by molar-refractivity contribution is 5.85. The number of alkyl halides is 2. The lowest BCUT2D eigenvalue weighted by Gasteiger charge is -2.14. The van der Waals surface area contributed by atoms with Gasteiger partial charge in [0, 0.05) is 12.1 Å². The third-order valence-electron chi connectivity index (χ3n) is 2.82. The Morgan fingerprint density at radius 2 is 2.10 bits per heavy atom. The molecule has 1 unspecified atom stereocenters. The first kappa shape index (κ1) is 19.6. The molecule has 1 amide bonds. The predicted molar refractivity (Wildman–Crippen MR) is 79.8 cm³/mol. The van der Waals surface area contributed by atoms with Gasteiger partial charge >= 0.3 is 6.61 Å². The molecule has 0 fully saturated rings. The Kier molecular flexibility index (Phi) is 8.89. The molecule has 0 radical (unpaired) electrons. The van der Waals surface area contributed by atoms with E-state index in [0.717, 1.165) is 12.0 Å². The van der Waals surface area contributed by atoms with Crippen molar-refractivity contribution in [1.29, 1.82) is 0 Å². The average molecular weight is 323 g/mol. The van der Waals surface area contributed by atoms with Crippen molar-refractivity contribution >= 4 is 18.3 Å². The van der Waals surface area contributed by atoms with Crippen LogP contribution >= 0.6 is 12.4 Å². The molecule has 4 nitrogen and oxygen atoms in total. The number of nitrogens with one attached hydrogen (secondary N) is 1. The molecule has 120 valence electrons. The van der Waals surface area contributed by atoms with Gasteiger partial charge in [-0.15, -0.1) is 12.4 Å². The van der Waals surface area contributed by atoms with Crippen LogP contribution in [0.3, 0.4) is 0 Å². The minimum atomic E-state index is -2.89. The summed E-state index contributed by atoms with van der Waals surface area (Å²) in [4.78, 5) is 11.7. The summed E-state index contributed by atoms with van der Waals surface area (Å²) >= 11 is 0. The van der Waals surface area contributed by atoms with E-state index in [1.54, 1.807) is 12.1 Å². The zero-order chi connectivity index (χ0) is 15.1. The molecule has 1 aromatic rings. The standard InChI is InChI=1S/C14H20F2N2O2.ClH/c1-3-4-11(17)13(19)18-8-10-7-9(2)5-6-12(10)20-14(15)16;/h5-7,11,14H,3-4,8,17H2,1-2H3,(H,18,19);1H. The molecular weight excluding hydrogens is 302 g/mol. The fourth-order valence-corrected chi connectivity index (χ4v) is 1.81. The van der Waals surface area contributed by atoms with E-state index in [2.05, 4.69) is 10.1 Å². The van der Waals surface area contributed by atoms with Gasteiger partial charge in [-0.05, 0) is 19.4 Å². The Bertz CT molecular complexity index is 459. The number of halogens is 3. The number of amides is 1. The first-order valence-corrected chi connectivity index (χ1v) is 6.51. The lowest BCUT2D eigenvalue weighted by atomic mass is 10.1. The van der Waals surface area contributed by atoms with Crippen molar-refractivity contribution in [3.05, 3.63) is 29.3 Å². The fraction of sp³-hybridized carbons (Fsp3) is 0.500. The highest BCUT2D eigenvalue weighted by Crippen LogP contribution is 2.22. The SMILES string of the molecule is CCCC(N)C(=O)NCc1cc(C)ccc1OC(F)F.Cl. The van der Waals surface area contributed by atoms with E-state index in [9.17, 15) is 13.6 Å². The van der Waals surface area contributed by atoms with Gasteiger partial charge in [0.1, 0.15) is 5.75 Å². The van der Waals surface area contributed by atoms with Crippen molar-refractivity contribution in [2.45, 2.75) is 45.9 Å². The summed E-state index contributed by atoms with van der Waals surface area (Å²) in [6.07, 6.45) is 1.39. The number of aryl methyl sites for hydroxylation is 1. The minimum Gasteiger partial charge on any atom is -0.434 e. The molecular formula is C14H21ClF2N2O2. The highest BCUT2D eigenvalue weighted by Gasteiger charge is 2.14. The Labute approximate surface area is 129 Å². The van der Waals surface area contributed by atoms with Gasteiger partial charge in [0.2, 0.25) is 5.91 Å². The van der Waals surface area contributed by atoms with Crippen molar-refractivity contribution in [1.82, 2.24) is 5.32 Å². The summed E-state index contributed by atoms with van der Waals surface area (Å²) in [7, 11) is 0. The molecule has 7 heteroatoms. The van der Waals surface area contributed by atoms with Gasteiger partial charge < -0.3 is 15.8 Å². The molecule has 1 atom stereocenters. The molecule has 0 aromatic heterocycles. The Balaban J connectivity index is 0.00000400. The van der Waals surface area contributed by atoms with Gasteiger partial charge in [-0.3, -0.25) is 4.79 Å². The lowest BCUT2D eigenvalue weighted by Crippen LogP contribution is -2.40. The first-order chi connectivity index (χ1) is 9.43. The predicted octanol–water partition coefficient (Wildman–Crippen LogP) is 2.76. The molecule has 0 spiro atoms. The van der Waals surface area contributed by atoms with Crippen LogP contribution < -0.4 is 15.8 Å². The first-order valence-electron chi connectivity index (χ1n) is 6.51. The van der Waals surface area contributed by atoms with Gasteiger partial charge in [0.15, 0.2) is 0 Å². The molecule has 1 rings (SSSR count). The average Bonchev–Trinajstić information content (AvgIpc) is 2.38. The molecule has 0 aliphatic rings. The Morgan fingerprint density at radius 1 is 1.43 bits per heavy atom. The maximum Gasteiger partial charge on any atom is 0.387 e. The van der Waals surface area contributed by atoms with E-state index in [-0.39, 0.29) is 30.6 Å². The summed E-state index contributed by atoms with van der Waals surface area (Å²) in [5, 5.41) is 2.64. The smallest absolute Gasteiger partial charge is 0.387 e. The lowest BCUT2D eigenvalue weighted by molar-refractivity contribution is -0.122. The number of carbonyl (C=O) groups is 1. The number of hydrogen-bond donors (Lipinski definition) is 2. The van der Waals surface area contributed by atoms with Crippen LogP contribution in [0.15, 0.2) is 18.2 Å². The largest absolute Gasteiger partial charge is 0.434 e. The fourth-order valence-electron chi connectivity index (χ4n) is 1.81. The monoisotopic (exact) mass is 322 g/mol. The van der Waals surface area contributed by atoms with Crippen LogP contribution in [0.25, 0.3) is 0 Å². The molecule has 3 N–H and O–H groups in total. The number of nitrogens with two attached hydrogens (primary N) is 1. The van der Waals surface area contributed by atoms with Gasteiger partial charge in [-0.1, -0.05) is 31.0 Å². The quantitative estimate of drug-likeness (QED) is 0.811. The third-order valence-corrected chi connectivity index (χ3v) is 2.82. The van der Waals surface area contributed by atoms with Crippen LogP contribution in [-0.2, 0) is 11.3 Å². The Hall–Kier alpha value is -1.40. The zero-order valence-electron chi connectivity index (χ0n) is 12.1. The molecule has 0 bridgehead atoms. The van der Waals surface area contributed by atoms with E-state index < -0.39 is 12.7 Å². The van der Waals surface area contributed by atoms with E-state index in [4.69, 9.17) is 5.73 Å². The summed E-state index contributed by atoms with van der Waals surface area (Å²) in [6.45, 7) is 0.984. The molecule has 1 aromatic carbocycles. The summed E-state index contributed by atoms with van der Waals surface area (Å²) in [5.74, 6) is -0.230. The van der Waals surface area contributed by atoms with Crippen LogP contribution in [0, 0.1) is 6.92 Å². The van der Waals surface area contributed by atoms with Crippen LogP contribution in [0.4, 0.5) is 8.78 Å². The maximum absolute atomic E-state index is 12.3. The molecule has 21 heavy (non-hydrogen) atoms. The summed E-state index contributed by atoms with van der Waals surface area (Å²) in [6, 6.07) is 4.26. The van der Waals surface area contributed by atoms with Gasteiger partial charge in [-0.2, -0.15) is 8.78 Å². The summed E-state index contributed by atoms with van der Waals surface area (Å²) in [5.41, 5.74) is 7.08. The Morgan fingerprint density at radius 3 is 2.67 bits per heavy atom. The summed E-state index contributed by atoms with van der Waals surface area (Å²) < 4.78 is 29.0. The molecule has 0 saturated carbocycles.